The van der Waals surface area contributed by atoms with E-state index in [-0.39, 0.29) is 19.0 Å². The first-order valence-corrected chi connectivity index (χ1v) is 7.41. The normalized spacial score (nSPS) is 20.0. The number of aliphatic hydroxyl groups is 1. The maximum Gasteiger partial charge on any atom is 0.128 e. The second kappa shape index (κ2) is 6.88. The van der Waals surface area contributed by atoms with Gasteiger partial charge in [-0.3, -0.25) is 0 Å². The molecule has 22 heavy (non-hydrogen) atoms. The fourth-order valence-electron chi connectivity index (χ4n) is 2.72. The van der Waals surface area contributed by atoms with E-state index in [0.717, 1.165) is 24.3 Å². The van der Waals surface area contributed by atoms with Crippen LogP contribution in [0, 0.1) is 0 Å². The van der Waals surface area contributed by atoms with Gasteiger partial charge in [0.2, 0.25) is 0 Å². The molecule has 2 aromatic rings. The Balaban J connectivity index is 0.00000176. The van der Waals surface area contributed by atoms with Gasteiger partial charge < -0.3 is 15.6 Å². The van der Waals surface area contributed by atoms with Gasteiger partial charge in [0.1, 0.15) is 11.5 Å². The minimum Gasteiger partial charge on any atom is -0.457 e. The molecule has 0 aromatic heterocycles. The van der Waals surface area contributed by atoms with Crippen molar-refractivity contribution in [2.45, 2.75) is 24.8 Å². The molecule has 1 aliphatic carbocycles. The highest BCUT2D eigenvalue weighted by molar-refractivity contribution is 6.30. The summed E-state index contributed by atoms with van der Waals surface area (Å²) < 4.78 is 5.84. The number of fused-ring (bicyclic) bond motifs is 1. The predicted molar refractivity (Wildman–Crippen MR) is 91.2 cm³/mol. The number of benzene rings is 2. The van der Waals surface area contributed by atoms with Gasteiger partial charge in [0.15, 0.2) is 0 Å². The fraction of sp³-hybridized carbons (Fsp3) is 0.294. The molecule has 2 aromatic carbocycles. The lowest BCUT2D eigenvalue weighted by Gasteiger charge is -2.33. The summed E-state index contributed by atoms with van der Waals surface area (Å²) in [6.07, 6.45) is 2.35. The first-order chi connectivity index (χ1) is 10.1. The lowest BCUT2D eigenvalue weighted by Crippen LogP contribution is -2.48. The van der Waals surface area contributed by atoms with Gasteiger partial charge in [-0.1, -0.05) is 23.7 Å². The van der Waals surface area contributed by atoms with Crippen molar-refractivity contribution in [2.75, 3.05) is 6.61 Å². The number of hydrogen-bond donors (Lipinski definition) is 2. The van der Waals surface area contributed by atoms with Crippen molar-refractivity contribution in [1.29, 1.82) is 0 Å². The number of nitrogens with two attached hydrogens (primary N) is 1. The topological polar surface area (TPSA) is 55.5 Å². The molecule has 0 saturated carbocycles. The van der Waals surface area contributed by atoms with Crippen LogP contribution in [0.15, 0.2) is 42.5 Å². The third kappa shape index (κ3) is 3.73. The van der Waals surface area contributed by atoms with Crippen molar-refractivity contribution in [3.05, 3.63) is 58.6 Å². The minimum absolute atomic E-state index is 0. The second-order valence-electron chi connectivity index (χ2n) is 5.69. The molecule has 5 heteroatoms. The highest BCUT2D eigenvalue weighted by Gasteiger charge is 2.29. The summed E-state index contributed by atoms with van der Waals surface area (Å²) in [5.74, 6) is 1.52. The van der Waals surface area contributed by atoms with Crippen LogP contribution in [-0.4, -0.2) is 17.3 Å². The molecule has 1 aliphatic rings. The lowest BCUT2D eigenvalue weighted by molar-refractivity contribution is 0.181. The summed E-state index contributed by atoms with van der Waals surface area (Å²) in [6, 6.07) is 13.4. The largest absolute Gasteiger partial charge is 0.457 e. The minimum atomic E-state index is -0.484. The summed E-state index contributed by atoms with van der Waals surface area (Å²) in [5, 5.41) is 10.0. The van der Waals surface area contributed by atoms with Gasteiger partial charge in [-0.25, -0.2) is 0 Å². The third-order valence-electron chi connectivity index (χ3n) is 3.96. The molecule has 0 bridgehead atoms. The molecule has 3 rings (SSSR count). The van der Waals surface area contributed by atoms with Gasteiger partial charge in [-0.05, 0) is 60.7 Å². The summed E-state index contributed by atoms with van der Waals surface area (Å²) >= 11 is 5.96. The third-order valence-corrected chi connectivity index (χ3v) is 4.19. The average molecular weight is 340 g/mol. The Labute approximate surface area is 141 Å². The Hall–Kier alpha value is -1.26. The van der Waals surface area contributed by atoms with Gasteiger partial charge in [0.05, 0.1) is 6.61 Å². The Kier molecular flexibility index (Phi) is 5.35. The van der Waals surface area contributed by atoms with Crippen molar-refractivity contribution in [1.82, 2.24) is 0 Å². The van der Waals surface area contributed by atoms with Crippen LogP contribution in [0.5, 0.6) is 11.5 Å². The smallest absolute Gasteiger partial charge is 0.128 e. The van der Waals surface area contributed by atoms with Crippen LogP contribution < -0.4 is 10.5 Å². The zero-order chi connectivity index (χ0) is 14.9. The molecule has 3 N–H and O–H groups in total. The molecule has 1 unspecified atom stereocenters. The zero-order valence-electron chi connectivity index (χ0n) is 12.1. The van der Waals surface area contributed by atoms with E-state index in [2.05, 4.69) is 0 Å². The first-order valence-electron chi connectivity index (χ1n) is 7.03. The number of halogens is 2. The number of aryl methyl sites for hydroxylation is 1. The molecular weight excluding hydrogens is 321 g/mol. The van der Waals surface area contributed by atoms with Crippen LogP contribution in [0.25, 0.3) is 0 Å². The van der Waals surface area contributed by atoms with Crippen molar-refractivity contribution < 1.29 is 9.84 Å². The van der Waals surface area contributed by atoms with Gasteiger partial charge in [-0.15, -0.1) is 12.4 Å². The maximum absolute atomic E-state index is 9.39. The number of aliphatic hydroxyl groups excluding tert-OH is 1. The Morgan fingerprint density at radius 3 is 2.64 bits per heavy atom. The van der Waals surface area contributed by atoms with E-state index in [9.17, 15) is 5.11 Å². The SMILES string of the molecule is Cl.NC1(CO)CCc2cc(Oc3cccc(Cl)c3)ccc2C1. The molecule has 3 nitrogen and oxygen atoms in total. The van der Waals surface area contributed by atoms with E-state index in [0.29, 0.717) is 11.4 Å². The number of hydrogen-bond acceptors (Lipinski definition) is 3. The Bertz CT molecular complexity index is 663. The van der Waals surface area contributed by atoms with E-state index in [4.69, 9.17) is 22.1 Å². The molecule has 118 valence electrons. The summed E-state index contributed by atoms with van der Waals surface area (Å²) in [5.41, 5.74) is 8.10. The Morgan fingerprint density at radius 2 is 1.91 bits per heavy atom. The van der Waals surface area contributed by atoms with Crippen molar-refractivity contribution in [3.8, 4) is 11.5 Å². The standard InChI is InChI=1S/C17H18ClNO2.ClH/c18-14-2-1-3-15(9-14)21-16-5-4-13-10-17(19,11-20)7-6-12(13)8-16;/h1-5,8-9,20H,6-7,10-11,19H2;1H. The molecule has 1 atom stereocenters. The van der Waals surface area contributed by atoms with Crippen LogP contribution in [-0.2, 0) is 12.8 Å². The van der Waals surface area contributed by atoms with Crippen LogP contribution in [0.1, 0.15) is 17.5 Å². The zero-order valence-corrected chi connectivity index (χ0v) is 13.7. The van der Waals surface area contributed by atoms with Gasteiger partial charge in [0, 0.05) is 10.6 Å². The molecule has 0 amide bonds. The van der Waals surface area contributed by atoms with Crippen molar-refractivity contribution in [2.24, 2.45) is 5.73 Å². The molecular formula is C17H19Cl2NO2. The van der Waals surface area contributed by atoms with Crippen molar-refractivity contribution in [3.63, 3.8) is 0 Å². The van der Waals surface area contributed by atoms with Gasteiger partial charge in [-0.2, -0.15) is 0 Å². The molecule has 0 aliphatic heterocycles. The number of rotatable bonds is 3. The van der Waals surface area contributed by atoms with Gasteiger partial charge in [0.25, 0.3) is 0 Å². The molecule has 0 heterocycles. The highest BCUT2D eigenvalue weighted by Crippen LogP contribution is 2.31. The molecule has 0 fully saturated rings. The molecule has 0 saturated heterocycles. The molecule has 0 radical (unpaired) electrons. The van der Waals surface area contributed by atoms with Crippen LogP contribution >= 0.6 is 24.0 Å². The molecule has 0 spiro atoms. The fourth-order valence-corrected chi connectivity index (χ4v) is 2.90. The van der Waals surface area contributed by atoms with Crippen LogP contribution in [0.3, 0.4) is 0 Å². The van der Waals surface area contributed by atoms with Gasteiger partial charge >= 0.3 is 0 Å². The highest BCUT2D eigenvalue weighted by atomic mass is 35.5. The summed E-state index contributed by atoms with van der Waals surface area (Å²) in [6.45, 7) is 0.0210. The maximum atomic E-state index is 9.39. The quantitative estimate of drug-likeness (QED) is 0.895. The number of ether oxygens (including phenoxy) is 1. The van der Waals surface area contributed by atoms with E-state index in [1.54, 1.807) is 6.07 Å². The van der Waals surface area contributed by atoms with E-state index >= 15 is 0 Å². The summed E-state index contributed by atoms with van der Waals surface area (Å²) in [7, 11) is 0. The second-order valence-corrected chi connectivity index (χ2v) is 6.12. The Morgan fingerprint density at radius 1 is 1.14 bits per heavy atom. The van der Waals surface area contributed by atoms with E-state index in [1.165, 1.54) is 11.1 Å². The predicted octanol–water partition coefficient (Wildman–Crippen LogP) is 3.73. The average Bonchev–Trinajstić information content (AvgIpc) is 2.48. The van der Waals surface area contributed by atoms with Crippen LogP contribution in [0.4, 0.5) is 0 Å². The lowest BCUT2D eigenvalue weighted by atomic mass is 9.79. The first kappa shape index (κ1) is 17.1. The van der Waals surface area contributed by atoms with E-state index < -0.39 is 5.54 Å². The summed E-state index contributed by atoms with van der Waals surface area (Å²) in [4.78, 5) is 0. The monoisotopic (exact) mass is 339 g/mol. The van der Waals surface area contributed by atoms with Crippen LogP contribution in [0.2, 0.25) is 5.02 Å². The van der Waals surface area contributed by atoms with E-state index in [1.807, 2.05) is 36.4 Å². The van der Waals surface area contributed by atoms with Crippen molar-refractivity contribution >= 4 is 24.0 Å².